The van der Waals surface area contributed by atoms with Crippen LogP contribution >= 0.6 is 11.8 Å². The Kier molecular flexibility index (Phi) is 5.96. The number of nitrogen functional groups attached to an aromatic ring is 2. The van der Waals surface area contributed by atoms with E-state index in [0.717, 1.165) is 21.1 Å². The molecule has 31 heavy (non-hydrogen) atoms. The van der Waals surface area contributed by atoms with Crippen molar-refractivity contribution in [3.05, 3.63) is 108 Å². The maximum absolute atomic E-state index is 12.6. The van der Waals surface area contributed by atoms with Crippen molar-refractivity contribution in [2.24, 2.45) is 0 Å². The molecule has 0 aliphatic rings. The quantitative estimate of drug-likeness (QED) is 0.278. The maximum atomic E-state index is 12.6. The minimum atomic E-state index is -0.0388. The van der Waals surface area contributed by atoms with E-state index in [9.17, 15) is 4.79 Å². The van der Waals surface area contributed by atoms with Gasteiger partial charge in [-0.05, 0) is 79.2 Å². The van der Waals surface area contributed by atoms with Gasteiger partial charge < -0.3 is 16.2 Å². The molecule has 0 amide bonds. The highest BCUT2D eigenvalue weighted by Gasteiger charge is 2.10. The molecule has 5 heteroatoms. The zero-order chi connectivity index (χ0) is 21.8. The summed E-state index contributed by atoms with van der Waals surface area (Å²) in [6.07, 6.45) is 0. The molecule has 4 nitrogen and oxygen atoms in total. The Morgan fingerprint density at radius 1 is 0.742 bits per heavy atom. The van der Waals surface area contributed by atoms with Gasteiger partial charge in [-0.3, -0.25) is 4.79 Å². The molecule has 0 aliphatic heterocycles. The van der Waals surface area contributed by atoms with Crippen molar-refractivity contribution in [1.82, 2.24) is 0 Å². The van der Waals surface area contributed by atoms with Crippen LogP contribution in [-0.2, 0) is 0 Å². The molecule has 0 saturated carbocycles. The largest absolute Gasteiger partial charge is 0.457 e. The normalized spacial score (nSPS) is 10.6. The van der Waals surface area contributed by atoms with E-state index in [1.807, 2.05) is 67.6 Å². The number of hydrogen-bond donors (Lipinski definition) is 2. The number of carbonyl (C=O) groups is 1. The van der Waals surface area contributed by atoms with Gasteiger partial charge in [0, 0.05) is 38.4 Å². The highest BCUT2D eigenvalue weighted by Crippen LogP contribution is 2.34. The van der Waals surface area contributed by atoms with Crippen molar-refractivity contribution >= 4 is 28.9 Å². The molecule has 0 aromatic heterocycles. The molecule has 4 aromatic carbocycles. The molecule has 0 unspecified atom stereocenters. The highest BCUT2D eigenvalue weighted by molar-refractivity contribution is 7.99. The lowest BCUT2D eigenvalue weighted by atomic mass is 10.0. The first-order valence-electron chi connectivity index (χ1n) is 9.80. The van der Waals surface area contributed by atoms with Gasteiger partial charge in [-0.1, -0.05) is 30.0 Å². The number of ketones is 1. The van der Waals surface area contributed by atoms with Gasteiger partial charge in [0.15, 0.2) is 5.78 Å². The lowest BCUT2D eigenvalue weighted by molar-refractivity contribution is 0.103. The number of nitrogens with two attached hydrogens (primary N) is 2. The second-order valence-corrected chi connectivity index (χ2v) is 8.30. The van der Waals surface area contributed by atoms with Gasteiger partial charge >= 0.3 is 0 Å². The van der Waals surface area contributed by atoms with Crippen LogP contribution in [0.25, 0.3) is 0 Å². The van der Waals surface area contributed by atoms with Crippen LogP contribution in [0.4, 0.5) is 11.4 Å². The van der Waals surface area contributed by atoms with Crippen LogP contribution in [0.3, 0.4) is 0 Å². The number of carbonyl (C=O) groups excluding carboxylic acids is 1. The summed E-state index contributed by atoms with van der Waals surface area (Å²) in [4.78, 5) is 14.8. The SMILES string of the molecule is Cc1cc(Oc2cccc(N)c2)ccc1Sc1ccc(C(=O)c2cccc(N)c2)cc1. The fraction of sp³-hybridized carbons (Fsp3) is 0.0385. The van der Waals surface area contributed by atoms with Crippen LogP contribution in [0, 0.1) is 6.92 Å². The van der Waals surface area contributed by atoms with Crippen LogP contribution in [0.2, 0.25) is 0 Å². The molecule has 0 bridgehead atoms. The third kappa shape index (κ3) is 5.08. The van der Waals surface area contributed by atoms with Gasteiger partial charge in [0.25, 0.3) is 0 Å². The summed E-state index contributed by atoms with van der Waals surface area (Å²) in [5, 5.41) is 0. The van der Waals surface area contributed by atoms with E-state index in [1.165, 1.54) is 0 Å². The van der Waals surface area contributed by atoms with E-state index >= 15 is 0 Å². The third-order valence-corrected chi connectivity index (χ3v) is 5.92. The number of anilines is 2. The molecular weight excluding hydrogens is 404 g/mol. The first-order valence-corrected chi connectivity index (χ1v) is 10.6. The van der Waals surface area contributed by atoms with E-state index in [4.69, 9.17) is 16.2 Å². The average Bonchev–Trinajstić information content (AvgIpc) is 2.76. The Labute approximate surface area is 185 Å². The Morgan fingerprint density at radius 2 is 1.42 bits per heavy atom. The van der Waals surface area contributed by atoms with Gasteiger partial charge in [-0.15, -0.1) is 0 Å². The van der Waals surface area contributed by atoms with Crippen LogP contribution in [0.5, 0.6) is 11.5 Å². The topological polar surface area (TPSA) is 78.3 Å². The Morgan fingerprint density at radius 3 is 2.10 bits per heavy atom. The summed E-state index contributed by atoms with van der Waals surface area (Å²) in [6, 6.07) is 28.0. The van der Waals surface area contributed by atoms with Gasteiger partial charge in [0.2, 0.25) is 0 Å². The summed E-state index contributed by atoms with van der Waals surface area (Å²) >= 11 is 1.64. The van der Waals surface area contributed by atoms with Gasteiger partial charge in [0.1, 0.15) is 11.5 Å². The number of ether oxygens (including phenoxy) is 1. The van der Waals surface area contributed by atoms with Crippen LogP contribution < -0.4 is 16.2 Å². The van der Waals surface area contributed by atoms with Crippen LogP contribution in [-0.4, -0.2) is 5.78 Å². The van der Waals surface area contributed by atoms with Crippen molar-refractivity contribution in [1.29, 1.82) is 0 Å². The molecule has 0 heterocycles. The zero-order valence-corrected chi connectivity index (χ0v) is 17.9. The van der Waals surface area contributed by atoms with E-state index in [0.29, 0.717) is 28.3 Å². The van der Waals surface area contributed by atoms with Crippen molar-refractivity contribution in [3.8, 4) is 11.5 Å². The number of hydrogen-bond acceptors (Lipinski definition) is 5. The predicted molar refractivity (Wildman–Crippen MR) is 127 cm³/mol. The predicted octanol–water partition coefficient (Wildman–Crippen LogP) is 6.33. The maximum Gasteiger partial charge on any atom is 0.193 e. The molecule has 4 N–H and O–H groups in total. The second-order valence-electron chi connectivity index (χ2n) is 7.18. The lowest BCUT2D eigenvalue weighted by Gasteiger charge is -2.10. The first-order chi connectivity index (χ1) is 15.0. The number of aryl methyl sites for hydroxylation is 1. The summed E-state index contributed by atoms with van der Waals surface area (Å²) in [5.41, 5.74) is 15.2. The van der Waals surface area contributed by atoms with Gasteiger partial charge in [-0.25, -0.2) is 0 Å². The smallest absolute Gasteiger partial charge is 0.193 e. The average molecular weight is 427 g/mol. The third-order valence-electron chi connectivity index (χ3n) is 4.73. The minimum Gasteiger partial charge on any atom is -0.457 e. The molecule has 4 rings (SSSR count). The van der Waals surface area contributed by atoms with E-state index in [2.05, 4.69) is 0 Å². The minimum absolute atomic E-state index is 0.0388. The zero-order valence-electron chi connectivity index (χ0n) is 17.0. The summed E-state index contributed by atoms with van der Waals surface area (Å²) in [5.74, 6) is 1.43. The fourth-order valence-corrected chi connectivity index (χ4v) is 4.04. The van der Waals surface area contributed by atoms with Crippen molar-refractivity contribution in [3.63, 3.8) is 0 Å². The monoisotopic (exact) mass is 426 g/mol. The molecular formula is C26H22N2O2S. The summed E-state index contributed by atoms with van der Waals surface area (Å²) in [6.45, 7) is 2.05. The molecule has 0 atom stereocenters. The summed E-state index contributed by atoms with van der Waals surface area (Å²) in [7, 11) is 0. The van der Waals surface area contributed by atoms with Gasteiger partial charge in [-0.2, -0.15) is 0 Å². The first kappa shape index (κ1) is 20.6. The Hall–Kier alpha value is -3.70. The Bertz CT molecular complexity index is 1240. The number of rotatable bonds is 6. The lowest BCUT2D eigenvalue weighted by Crippen LogP contribution is -2.01. The molecule has 0 aliphatic carbocycles. The van der Waals surface area contributed by atoms with Gasteiger partial charge in [0.05, 0.1) is 0 Å². The van der Waals surface area contributed by atoms with Crippen molar-refractivity contribution in [2.45, 2.75) is 16.7 Å². The Balaban J connectivity index is 1.46. The van der Waals surface area contributed by atoms with E-state index in [1.54, 1.807) is 42.1 Å². The molecule has 4 aromatic rings. The molecule has 0 radical (unpaired) electrons. The van der Waals surface area contributed by atoms with Crippen molar-refractivity contribution in [2.75, 3.05) is 11.5 Å². The highest BCUT2D eigenvalue weighted by atomic mass is 32.2. The van der Waals surface area contributed by atoms with E-state index in [-0.39, 0.29) is 5.78 Å². The molecule has 0 spiro atoms. The van der Waals surface area contributed by atoms with Crippen LogP contribution in [0.15, 0.2) is 101 Å². The van der Waals surface area contributed by atoms with Crippen LogP contribution in [0.1, 0.15) is 21.5 Å². The van der Waals surface area contributed by atoms with Crippen molar-refractivity contribution < 1.29 is 9.53 Å². The van der Waals surface area contributed by atoms with E-state index < -0.39 is 0 Å². The molecule has 0 fully saturated rings. The standard InChI is InChI=1S/C26H22N2O2S/c1-17-14-23(30-22-7-3-6-21(28)16-22)10-13-25(17)31-24-11-8-18(9-12-24)26(29)19-4-2-5-20(27)15-19/h2-16H,27-28H2,1H3. The summed E-state index contributed by atoms with van der Waals surface area (Å²) < 4.78 is 5.90. The second kappa shape index (κ2) is 8.98. The number of benzene rings is 4. The fourth-order valence-electron chi connectivity index (χ4n) is 3.16. The molecule has 154 valence electrons. The molecule has 0 saturated heterocycles.